The summed E-state index contributed by atoms with van der Waals surface area (Å²) in [5.41, 5.74) is 5.20. The largest absolute Gasteiger partial charge is 0.465 e. The number of nitrogens with one attached hydrogen (secondary N) is 1. The van der Waals surface area contributed by atoms with Gasteiger partial charge in [-0.1, -0.05) is 48.5 Å². The van der Waals surface area contributed by atoms with Crippen LogP contribution in [0, 0.1) is 0 Å². The summed E-state index contributed by atoms with van der Waals surface area (Å²) in [6.07, 6.45) is 2.28. The topological polar surface area (TPSA) is 111 Å². The molecule has 6 rings (SSSR count). The second-order valence-electron chi connectivity index (χ2n) is 8.97. The molecule has 1 amide bonds. The van der Waals surface area contributed by atoms with E-state index in [0.29, 0.717) is 43.2 Å². The number of imidazole rings is 1. The third kappa shape index (κ3) is 4.19. The lowest BCUT2D eigenvalue weighted by molar-refractivity contribution is -0.143. The van der Waals surface area contributed by atoms with E-state index in [1.807, 2.05) is 36.4 Å². The van der Waals surface area contributed by atoms with Gasteiger partial charge in [-0.25, -0.2) is 19.7 Å². The number of aromatic nitrogens is 4. The van der Waals surface area contributed by atoms with E-state index in [4.69, 9.17) is 9.47 Å². The zero-order valence-corrected chi connectivity index (χ0v) is 20.3. The van der Waals surface area contributed by atoms with Crippen molar-refractivity contribution in [1.82, 2.24) is 29.7 Å². The number of carbonyl (C=O) groups is 2. The fourth-order valence-electron chi connectivity index (χ4n) is 5.05. The SMILES string of the molecule is CCOC(=O)Cn1cnc2nc(C3CNCCN3C(=O)OC3c4ccccc4-c4ccccc43)ncc21. The van der Waals surface area contributed by atoms with Crippen LogP contribution in [0.25, 0.3) is 22.3 Å². The van der Waals surface area contributed by atoms with E-state index in [9.17, 15) is 9.59 Å². The van der Waals surface area contributed by atoms with Crippen LogP contribution >= 0.6 is 0 Å². The molecular formula is C27H26N6O4. The van der Waals surface area contributed by atoms with Gasteiger partial charge in [-0.3, -0.25) is 9.69 Å². The molecule has 1 N–H and O–H groups in total. The first kappa shape index (κ1) is 23.1. The number of rotatable bonds is 5. The molecule has 2 aliphatic rings. The molecule has 1 unspecified atom stereocenters. The molecular weight excluding hydrogens is 472 g/mol. The smallest absolute Gasteiger partial charge is 0.411 e. The average Bonchev–Trinajstić information content (AvgIpc) is 3.47. The lowest BCUT2D eigenvalue weighted by Crippen LogP contribution is -2.49. The predicted molar refractivity (Wildman–Crippen MR) is 134 cm³/mol. The van der Waals surface area contributed by atoms with E-state index < -0.39 is 18.2 Å². The molecule has 0 bridgehead atoms. The third-order valence-electron chi connectivity index (χ3n) is 6.77. The van der Waals surface area contributed by atoms with Gasteiger partial charge in [0, 0.05) is 30.8 Å². The van der Waals surface area contributed by atoms with Crippen LogP contribution in [0.15, 0.2) is 61.1 Å². The molecule has 3 heterocycles. The first-order chi connectivity index (χ1) is 18.1. The van der Waals surface area contributed by atoms with Crippen LogP contribution < -0.4 is 5.32 Å². The molecule has 0 saturated carbocycles. The molecule has 10 nitrogen and oxygen atoms in total. The van der Waals surface area contributed by atoms with E-state index in [-0.39, 0.29) is 12.5 Å². The van der Waals surface area contributed by atoms with Gasteiger partial charge in [0.15, 0.2) is 17.6 Å². The van der Waals surface area contributed by atoms with Crippen LogP contribution in [-0.4, -0.2) is 62.7 Å². The highest BCUT2D eigenvalue weighted by molar-refractivity contribution is 5.80. The molecule has 2 aromatic carbocycles. The summed E-state index contributed by atoms with van der Waals surface area (Å²) in [6.45, 7) is 3.68. The summed E-state index contributed by atoms with van der Waals surface area (Å²) < 4.78 is 12.8. The second kappa shape index (κ2) is 9.62. The minimum Gasteiger partial charge on any atom is -0.465 e. The van der Waals surface area contributed by atoms with Crippen molar-refractivity contribution in [3.63, 3.8) is 0 Å². The molecule has 10 heteroatoms. The zero-order chi connectivity index (χ0) is 25.4. The highest BCUT2D eigenvalue weighted by Crippen LogP contribution is 2.45. The lowest BCUT2D eigenvalue weighted by atomic mass is 10.1. The summed E-state index contributed by atoms with van der Waals surface area (Å²) in [5.74, 6) is 0.108. The van der Waals surface area contributed by atoms with Crippen molar-refractivity contribution < 1.29 is 19.1 Å². The van der Waals surface area contributed by atoms with Crippen molar-refractivity contribution in [2.45, 2.75) is 25.6 Å². The van der Waals surface area contributed by atoms with E-state index in [0.717, 1.165) is 22.3 Å². The molecule has 1 atom stereocenters. The van der Waals surface area contributed by atoms with Gasteiger partial charge in [-0.2, -0.15) is 0 Å². The Bertz CT molecular complexity index is 1440. The van der Waals surface area contributed by atoms with Crippen molar-refractivity contribution in [1.29, 1.82) is 0 Å². The predicted octanol–water partition coefficient (Wildman–Crippen LogP) is 3.24. The summed E-state index contributed by atoms with van der Waals surface area (Å²) >= 11 is 0. The molecule has 0 radical (unpaired) electrons. The van der Waals surface area contributed by atoms with Gasteiger partial charge in [0.05, 0.1) is 19.1 Å². The Morgan fingerprint density at radius 2 is 1.78 bits per heavy atom. The molecule has 188 valence electrons. The van der Waals surface area contributed by atoms with Crippen LogP contribution in [-0.2, 0) is 20.8 Å². The minimum absolute atomic E-state index is 0.0286. The Morgan fingerprint density at radius 3 is 2.51 bits per heavy atom. The summed E-state index contributed by atoms with van der Waals surface area (Å²) in [5, 5.41) is 3.32. The standard InChI is InChI=1S/C27H26N6O4/c1-2-36-23(34)15-32-16-30-25-21(32)14-29-26(31-25)22-13-28-11-12-33(22)27(35)37-24-19-9-5-3-7-17(19)18-8-4-6-10-20(18)24/h3-10,14,16,22,24,28H,2,11-13,15H2,1H3. The number of amides is 1. The number of hydrogen-bond acceptors (Lipinski definition) is 8. The average molecular weight is 499 g/mol. The Labute approximate surface area is 213 Å². The Hall–Kier alpha value is -4.31. The van der Waals surface area contributed by atoms with Crippen molar-refractivity contribution in [3.05, 3.63) is 78.0 Å². The molecule has 1 aliphatic carbocycles. The maximum atomic E-state index is 13.6. The molecule has 1 saturated heterocycles. The van der Waals surface area contributed by atoms with Crippen LogP contribution in [0.5, 0.6) is 0 Å². The van der Waals surface area contributed by atoms with Gasteiger partial charge >= 0.3 is 12.1 Å². The lowest BCUT2D eigenvalue weighted by Gasteiger charge is -2.35. The van der Waals surface area contributed by atoms with Crippen molar-refractivity contribution in [3.8, 4) is 11.1 Å². The highest BCUT2D eigenvalue weighted by Gasteiger charge is 2.36. The maximum absolute atomic E-state index is 13.6. The van der Waals surface area contributed by atoms with Crippen LogP contribution in [0.1, 0.15) is 36.0 Å². The number of esters is 1. The summed E-state index contributed by atoms with van der Waals surface area (Å²) in [7, 11) is 0. The van der Waals surface area contributed by atoms with Crippen molar-refractivity contribution >= 4 is 23.2 Å². The number of ether oxygens (including phenoxy) is 2. The first-order valence-corrected chi connectivity index (χ1v) is 12.3. The molecule has 0 spiro atoms. The monoisotopic (exact) mass is 498 g/mol. The normalized spacial score (nSPS) is 16.9. The van der Waals surface area contributed by atoms with Crippen LogP contribution in [0.3, 0.4) is 0 Å². The summed E-state index contributed by atoms with van der Waals surface area (Å²) in [6, 6.07) is 15.6. The van der Waals surface area contributed by atoms with Gasteiger partial charge in [0.1, 0.15) is 18.1 Å². The van der Waals surface area contributed by atoms with E-state index in [2.05, 4.69) is 32.4 Å². The Morgan fingerprint density at radius 1 is 1.05 bits per heavy atom. The number of hydrogen-bond donors (Lipinski definition) is 1. The van der Waals surface area contributed by atoms with E-state index >= 15 is 0 Å². The second-order valence-corrected chi connectivity index (χ2v) is 8.97. The van der Waals surface area contributed by atoms with Crippen molar-refractivity contribution in [2.75, 3.05) is 26.2 Å². The van der Waals surface area contributed by atoms with Gasteiger partial charge in [-0.15, -0.1) is 0 Å². The number of benzene rings is 2. The minimum atomic E-state index is -0.475. The van der Waals surface area contributed by atoms with Gasteiger partial charge < -0.3 is 19.4 Å². The molecule has 1 aliphatic heterocycles. The first-order valence-electron chi connectivity index (χ1n) is 12.3. The number of fused-ring (bicyclic) bond motifs is 4. The van der Waals surface area contributed by atoms with Crippen LogP contribution in [0.4, 0.5) is 4.79 Å². The van der Waals surface area contributed by atoms with Crippen molar-refractivity contribution in [2.24, 2.45) is 0 Å². The molecule has 2 aromatic heterocycles. The maximum Gasteiger partial charge on any atom is 0.411 e. The van der Waals surface area contributed by atoms with Gasteiger partial charge in [-0.05, 0) is 18.1 Å². The number of carbonyl (C=O) groups excluding carboxylic acids is 2. The number of nitrogens with zero attached hydrogens (tertiary/aromatic N) is 5. The quantitative estimate of drug-likeness (QED) is 0.418. The Balaban J connectivity index is 1.25. The van der Waals surface area contributed by atoms with Crippen LogP contribution in [0.2, 0.25) is 0 Å². The highest BCUT2D eigenvalue weighted by atomic mass is 16.6. The molecule has 1 fully saturated rings. The Kier molecular flexibility index (Phi) is 6.01. The number of piperazine rings is 1. The van der Waals surface area contributed by atoms with Gasteiger partial charge in [0.25, 0.3) is 0 Å². The molecule has 4 aromatic rings. The van der Waals surface area contributed by atoms with E-state index in [1.165, 1.54) is 0 Å². The molecule has 37 heavy (non-hydrogen) atoms. The van der Waals surface area contributed by atoms with Gasteiger partial charge in [0.2, 0.25) is 0 Å². The zero-order valence-electron chi connectivity index (χ0n) is 20.3. The fraction of sp³-hybridized carbons (Fsp3) is 0.296. The fourth-order valence-corrected chi connectivity index (χ4v) is 5.05. The van der Waals surface area contributed by atoms with E-state index in [1.54, 1.807) is 28.9 Å². The summed E-state index contributed by atoms with van der Waals surface area (Å²) in [4.78, 5) is 40.6. The third-order valence-corrected chi connectivity index (χ3v) is 6.77.